The van der Waals surface area contributed by atoms with E-state index in [4.69, 9.17) is 5.11 Å². The van der Waals surface area contributed by atoms with Gasteiger partial charge in [0.1, 0.15) is 0 Å². The van der Waals surface area contributed by atoms with Crippen LogP contribution in [-0.2, 0) is 9.59 Å². The summed E-state index contributed by atoms with van der Waals surface area (Å²) in [5.74, 6) is -1.29. The lowest BCUT2D eigenvalue weighted by atomic mass is 10.00. The van der Waals surface area contributed by atoms with Crippen LogP contribution in [0.25, 0.3) is 0 Å². The zero-order valence-electron chi connectivity index (χ0n) is 10.7. The van der Waals surface area contributed by atoms with Crippen molar-refractivity contribution in [3.8, 4) is 0 Å². The lowest BCUT2D eigenvalue weighted by molar-refractivity contribution is -0.150. The van der Waals surface area contributed by atoms with E-state index in [-0.39, 0.29) is 31.3 Å². The van der Waals surface area contributed by atoms with Crippen LogP contribution in [0.1, 0.15) is 17.9 Å². The van der Waals surface area contributed by atoms with Crippen LogP contribution in [-0.4, -0.2) is 46.4 Å². The molecule has 106 valence electrons. The van der Waals surface area contributed by atoms with Crippen molar-refractivity contribution in [1.29, 1.82) is 0 Å². The Morgan fingerprint density at radius 1 is 1.40 bits per heavy atom. The summed E-state index contributed by atoms with van der Waals surface area (Å²) in [5, 5.41) is 8.88. The maximum absolute atomic E-state index is 14.0. The molecule has 1 fully saturated rings. The molecule has 4 nitrogen and oxygen atoms in total. The number of aliphatic carboxylic acids is 1. The molecular formula is C14H14FNO3S. The normalized spacial score (nSPS) is 28.4. The van der Waals surface area contributed by atoms with Gasteiger partial charge in [0.15, 0.2) is 0 Å². The summed E-state index contributed by atoms with van der Waals surface area (Å²) in [6.45, 7) is -0.171. The first-order chi connectivity index (χ1) is 9.51. The van der Waals surface area contributed by atoms with Crippen LogP contribution < -0.4 is 0 Å². The zero-order valence-corrected chi connectivity index (χ0v) is 11.5. The smallest absolute Gasteiger partial charge is 0.343 e. The van der Waals surface area contributed by atoms with E-state index in [1.165, 1.54) is 4.90 Å². The number of carbonyl (C=O) groups excluding carboxylic acids is 1. The third-order valence-corrected chi connectivity index (χ3v) is 5.10. The molecule has 0 spiro atoms. The van der Waals surface area contributed by atoms with Crippen LogP contribution in [0.15, 0.2) is 29.2 Å². The van der Waals surface area contributed by atoms with Gasteiger partial charge in [-0.2, -0.15) is 0 Å². The van der Waals surface area contributed by atoms with Crippen molar-refractivity contribution in [3.63, 3.8) is 0 Å². The number of thioether (sulfide) groups is 1. The van der Waals surface area contributed by atoms with E-state index in [1.54, 1.807) is 11.8 Å². The van der Waals surface area contributed by atoms with E-state index < -0.39 is 11.6 Å². The Bertz CT molecular complexity index is 579. The Morgan fingerprint density at radius 2 is 2.15 bits per heavy atom. The summed E-state index contributed by atoms with van der Waals surface area (Å²) >= 11 is 1.61. The molecule has 2 aliphatic heterocycles. The second-order valence-corrected chi connectivity index (χ2v) is 6.24. The number of alkyl halides is 1. The first-order valence-corrected chi connectivity index (χ1v) is 7.43. The number of halogens is 1. The molecule has 1 N–H and O–H groups in total. The second-order valence-electron chi connectivity index (χ2n) is 5.18. The first-order valence-electron chi connectivity index (χ1n) is 6.44. The Hall–Kier alpha value is -1.56. The van der Waals surface area contributed by atoms with Gasteiger partial charge >= 0.3 is 5.97 Å². The third-order valence-electron chi connectivity index (χ3n) is 3.91. The van der Waals surface area contributed by atoms with Gasteiger partial charge in [-0.05, 0) is 11.6 Å². The topological polar surface area (TPSA) is 57.6 Å². The minimum absolute atomic E-state index is 0.129. The van der Waals surface area contributed by atoms with Crippen molar-refractivity contribution in [2.75, 3.05) is 18.8 Å². The third kappa shape index (κ3) is 2.08. The molecule has 1 amide bonds. The lowest BCUT2D eigenvalue weighted by Gasteiger charge is -2.21. The van der Waals surface area contributed by atoms with Gasteiger partial charge < -0.3 is 10.0 Å². The van der Waals surface area contributed by atoms with Gasteiger partial charge in [-0.25, -0.2) is 9.18 Å². The molecule has 0 saturated carbocycles. The van der Waals surface area contributed by atoms with E-state index in [2.05, 4.69) is 0 Å². The minimum Gasteiger partial charge on any atom is -0.479 e. The average Bonchev–Trinajstić information content (AvgIpc) is 3.03. The highest BCUT2D eigenvalue weighted by Gasteiger charge is 2.48. The van der Waals surface area contributed by atoms with Gasteiger partial charge in [0.2, 0.25) is 11.6 Å². The van der Waals surface area contributed by atoms with E-state index >= 15 is 0 Å². The highest BCUT2D eigenvalue weighted by Crippen LogP contribution is 2.41. The molecule has 6 heteroatoms. The van der Waals surface area contributed by atoms with E-state index in [0.717, 1.165) is 10.5 Å². The van der Waals surface area contributed by atoms with Crippen LogP contribution in [0, 0.1) is 0 Å². The molecule has 1 saturated heterocycles. The van der Waals surface area contributed by atoms with Crippen LogP contribution in [0.2, 0.25) is 0 Å². The molecule has 20 heavy (non-hydrogen) atoms. The molecule has 2 atom stereocenters. The van der Waals surface area contributed by atoms with Crippen molar-refractivity contribution < 1.29 is 19.1 Å². The second kappa shape index (κ2) is 4.77. The summed E-state index contributed by atoms with van der Waals surface area (Å²) in [5.41, 5.74) is -1.32. The monoisotopic (exact) mass is 295 g/mol. The molecule has 1 aromatic carbocycles. The van der Waals surface area contributed by atoms with E-state index in [9.17, 15) is 14.0 Å². The van der Waals surface area contributed by atoms with Crippen LogP contribution in [0.4, 0.5) is 4.39 Å². The zero-order chi connectivity index (χ0) is 14.3. The van der Waals surface area contributed by atoms with Gasteiger partial charge in [-0.1, -0.05) is 18.2 Å². The van der Waals surface area contributed by atoms with Crippen LogP contribution in [0.5, 0.6) is 0 Å². The minimum atomic E-state index is -2.29. The maximum atomic E-state index is 14.0. The molecule has 2 aliphatic rings. The number of nitrogens with zero attached hydrogens (tertiary/aromatic N) is 1. The number of fused-ring (bicyclic) bond motifs is 1. The number of likely N-dealkylation sites (tertiary alicyclic amines) is 1. The Labute approximate surface area is 120 Å². The summed E-state index contributed by atoms with van der Waals surface area (Å²) in [6, 6.07) is 7.68. The molecule has 2 unspecified atom stereocenters. The van der Waals surface area contributed by atoms with Crippen molar-refractivity contribution in [2.45, 2.75) is 22.9 Å². The van der Waals surface area contributed by atoms with Crippen molar-refractivity contribution in [2.24, 2.45) is 0 Å². The number of hydrogen-bond donors (Lipinski definition) is 1. The van der Waals surface area contributed by atoms with Gasteiger partial charge in [0.25, 0.3) is 0 Å². The fourth-order valence-corrected chi connectivity index (χ4v) is 3.94. The van der Waals surface area contributed by atoms with Gasteiger partial charge in [0, 0.05) is 23.6 Å². The highest BCUT2D eigenvalue weighted by atomic mass is 32.2. The van der Waals surface area contributed by atoms with Gasteiger partial charge in [-0.15, -0.1) is 11.8 Å². The molecule has 0 bridgehead atoms. The Kier molecular flexibility index (Phi) is 3.20. The molecule has 2 heterocycles. The molecule has 0 aliphatic carbocycles. The van der Waals surface area contributed by atoms with Gasteiger partial charge in [0.05, 0.1) is 12.5 Å². The number of amides is 1. The standard InChI is InChI=1S/C14H14FNO3S/c15-14(13(18)19)5-6-16(8-14)12(17)10-7-20-11-4-2-1-3-9(10)11/h1-4,10H,5-8H2,(H,18,19). The largest absolute Gasteiger partial charge is 0.479 e. The summed E-state index contributed by atoms with van der Waals surface area (Å²) < 4.78 is 14.0. The van der Waals surface area contributed by atoms with E-state index in [1.807, 2.05) is 24.3 Å². The predicted molar refractivity (Wildman–Crippen MR) is 72.6 cm³/mol. The van der Waals surface area contributed by atoms with Crippen molar-refractivity contribution in [1.82, 2.24) is 4.90 Å². The molecular weight excluding hydrogens is 281 g/mol. The molecule has 1 aromatic rings. The predicted octanol–water partition coefficient (Wildman–Crippen LogP) is 1.90. The van der Waals surface area contributed by atoms with Crippen LogP contribution in [0.3, 0.4) is 0 Å². The summed E-state index contributed by atoms with van der Waals surface area (Å²) in [4.78, 5) is 25.8. The van der Waals surface area contributed by atoms with Crippen LogP contribution >= 0.6 is 11.8 Å². The number of benzene rings is 1. The van der Waals surface area contributed by atoms with E-state index in [0.29, 0.717) is 5.75 Å². The number of carbonyl (C=O) groups is 2. The van der Waals surface area contributed by atoms with Gasteiger partial charge in [-0.3, -0.25) is 4.79 Å². The molecule has 0 radical (unpaired) electrons. The summed E-state index contributed by atoms with van der Waals surface area (Å²) in [7, 11) is 0. The number of rotatable bonds is 2. The summed E-state index contributed by atoms with van der Waals surface area (Å²) in [6.07, 6.45) is -0.129. The first kappa shape index (κ1) is 13.4. The number of carboxylic acid groups (broad SMARTS) is 1. The maximum Gasteiger partial charge on any atom is 0.343 e. The molecule has 3 rings (SSSR count). The average molecular weight is 295 g/mol. The highest BCUT2D eigenvalue weighted by molar-refractivity contribution is 7.99. The Morgan fingerprint density at radius 3 is 2.85 bits per heavy atom. The molecule has 0 aromatic heterocycles. The number of carboxylic acids is 1. The Balaban J connectivity index is 1.77. The van der Waals surface area contributed by atoms with Crippen molar-refractivity contribution in [3.05, 3.63) is 29.8 Å². The fraction of sp³-hybridized carbons (Fsp3) is 0.429. The fourth-order valence-electron chi connectivity index (χ4n) is 2.72. The van der Waals surface area contributed by atoms with Crippen molar-refractivity contribution >= 4 is 23.6 Å². The SMILES string of the molecule is O=C(C1CSc2ccccc21)N1CCC(F)(C(=O)O)C1. The number of hydrogen-bond acceptors (Lipinski definition) is 3. The lowest BCUT2D eigenvalue weighted by Crippen LogP contribution is -2.40. The quantitative estimate of drug-likeness (QED) is 0.905.